The predicted molar refractivity (Wildman–Crippen MR) is 78.5 cm³/mol. The SMILES string of the molecule is Cc1c(CO)cc([N+](=O)[O-])c(N(C)CC(C)C)c1[N+](=O)[O-]. The first kappa shape index (κ1) is 16.8. The van der Waals surface area contributed by atoms with Gasteiger partial charge in [-0.25, -0.2) is 0 Å². The van der Waals surface area contributed by atoms with Gasteiger partial charge in [-0.1, -0.05) is 13.8 Å². The summed E-state index contributed by atoms with van der Waals surface area (Å²) in [7, 11) is 1.59. The van der Waals surface area contributed by atoms with E-state index in [-0.39, 0.29) is 34.1 Å². The molecule has 0 unspecified atom stereocenters. The van der Waals surface area contributed by atoms with Crippen molar-refractivity contribution >= 4 is 17.1 Å². The fourth-order valence-corrected chi connectivity index (χ4v) is 2.33. The van der Waals surface area contributed by atoms with Crippen LogP contribution in [0.2, 0.25) is 0 Å². The van der Waals surface area contributed by atoms with Crippen molar-refractivity contribution in [2.45, 2.75) is 27.4 Å². The minimum Gasteiger partial charge on any atom is -0.392 e. The third-order valence-electron chi connectivity index (χ3n) is 3.19. The normalized spacial score (nSPS) is 10.8. The number of nitro groups is 2. The zero-order valence-corrected chi connectivity index (χ0v) is 12.5. The number of hydrogen-bond acceptors (Lipinski definition) is 6. The van der Waals surface area contributed by atoms with Gasteiger partial charge in [0.2, 0.25) is 0 Å². The molecule has 0 aliphatic heterocycles. The second kappa shape index (κ2) is 6.49. The van der Waals surface area contributed by atoms with Crippen LogP contribution in [0.4, 0.5) is 17.1 Å². The van der Waals surface area contributed by atoms with Gasteiger partial charge in [0, 0.05) is 25.2 Å². The number of benzene rings is 1. The largest absolute Gasteiger partial charge is 0.392 e. The van der Waals surface area contributed by atoms with Gasteiger partial charge in [-0.2, -0.15) is 0 Å². The van der Waals surface area contributed by atoms with E-state index in [1.54, 1.807) is 7.05 Å². The summed E-state index contributed by atoms with van der Waals surface area (Å²) >= 11 is 0. The Hall–Kier alpha value is -2.22. The molecule has 1 aromatic carbocycles. The van der Waals surface area contributed by atoms with Crippen LogP contribution in [0.15, 0.2) is 6.07 Å². The number of nitrogens with zero attached hydrogens (tertiary/aromatic N) is 3. The number of aliphatic hydroxyl groups excluding tert-OH is 1. The summed E-state index contributed by atoms with van der Waals surface area (Å²) in [6.07, 6.45) is 0. The van der Waals surface area contributed by atoms with Crippen LogP contribution in [0.1, 0.15) is 25.0 Å². The van der Waals surface area contributed by atoms with Gasteiger partial charge >= 0.3 is 5.69 Å². The van der Waals surface area contributed by atoms with E-state index in [4.69, 9.17) is 0 Å². The predicted octanol–water partition coefficient (Wildman–Crippen LogP) is 2.40. The van der Waals surface area contributed by atoms with E-state index in [1.807, 2.05) is 13.8 Å². The molecule has 8 nitrogen and oxygen atoms in total. The molecule has 21 heavy (non-hydrogen) atoms. The minimum atomic E-state index is -0.655. The maximum Gasteiger partial charge on any atom is 0.302 e. The molecule has 1 aromatic rings. The summed E-state index contributed by atoms with van der Waals surface area (Å²) in [5.41, 5.74) is -0.266. The number of hydrogen-bond donors (Lipinski definition) is 1. The maximum atomic E-state index is 11.4. The zero-order chi connectivity index (χ0) is 16.3. The summed E-state index contributed by atoms with van der Waals surface area (Å²) in [4.78, 5) is 22.8. The van der Waals surface area contributed by atoms with E-state index in [9.17, 15) is 25.3 Å². The number of anilines is 1. The van der Waals surface area contributed by atoms with Crippen molar-refractivity contribution in [1.29, 1.82) is 0 Å². The van der Waals surface area contributed by atoms with Gasteiger partial charge in [0.1, 0.15) is 0 Å². The Morgan fingerprint density at radius 3 is 2.24 bits per heavy atom. The lowest BCUT2D eigenvalue weighted by Gasteiger charge is -2.22. The Morgan fingerprint density at radius 2 is 1.86 bits per heavy atom. The molecule has 0 aliphatic carbocycles. The molecule has 0 heterocycles. The van der Waals surface area contributed by atoms with E-state index in [2.05, 4.69) is 0 Å². The molecule has 0 radical (unpaired) electrons. The Morgan fingerprint density at radius 1 is 1.29 bits per heavy atom. The van der Waals surface area contributed by atoms with Crippen molar-refractivity contribution in [2.75, 3.05) is 18.5 Å². The highest BCUT2D eigenvalue weighted by Crippen LogP contribution is 2.41. The van der Waals surface area contributed by atoms with Crippen molar-refractivity contribution in [2.24, 2.45) is 5.92 Å². The number of rotatable bonds is 6. The van der Waals surface area contributed by atoms with Gasteiger partial charge in [-0.3, -0.25) is 20.2 Å². The highest BCUT2D eigenvalue weighted by Gasteiger charge is 2.32. The van der Waals surface area contributed by atoms with Crippen LogP contribution >= 0.6 is 0 Å². The zero-order valence-electron chi connectivity index (χ0n) is 12.5. The van der Waals surface area contributed by atoms with Gasteiger partial charge in [-0.05, 0) is 18.4 Å². The topological polar surface area (TPSA) is 110 Å². The fourth-order valence-electron chi connectivity index (χ4n) is 2.33. The minimum absolute atomic E-state index is 0.0200. The molecule has 0 spiro atoms. The molecule has 0 bridgehead atoms. The summed E-state index contributed by atoms with van der Waals surface area (Å²) in [5, 5.41) is 31.8. The molecule has 0 aliphatic rings. The fraction of sp³-hybridized carbons (Fsp3) is 0.538. The lowest BCUT2D eigenvalue weighted by molar-refractivity contribution is -0.393. The quantitative estimate of drug-likeness (QED) is 0.637. The second-order valence-electron chi connectivity index (χ2n) is 5.32. The molecule has 0 aromatic heterocycles. The highest BCUT2D eigenvalue weighted by molar-refractivity contribution is 5.78. The van der Waals surface area contributed by atoms with Crippen LogP contribution in [-0.4, -0.2) is 28.5 Å². The van der Waals surface area contributed by atoms with E-state index >= 15 is 0 Å². The molecule has 116 valence electrons. The monoisotopic (exact) mass is 297 g/mol. The van der Waals surface area contributed by atoms with Crippen LogP contribution < -0.4 is 4.90 Å². The standard InChI is InChI=1S/C13H19N3O5/c1-8(2)6-14(4)13-11(15(18)19)5-10(7-17)9(3)12(13)16(20)21/h5,8,17H,6-7H2,1-4H3. The molecule has 1 N–H and O–H groups in total. The summed E-state index contributed by atoms with van der Waals surface area (Å²) in [5.74, 6) is 0.187. The first-order valence-electron chi connectivity index (χ1n) is 6.47. The van der Waals surface area contributed by atoms with Crippen LogP contribution in [-0.2, 0) is 6.61 Å². The summed E-state index contributed by atoms with van der Waals surface area (Å²) in [6, 6.07) is 1.20. The van der Waals surface area contributed by atoms with Crippen molar-refractivity contribution < 1.29 is 15.0 Å². The van der Waals surface area contributed by atoms with Crippen molar-refractivity contribution in [1.82, 2.24) is 0 Å². The highest BCUT2D eigenvalue weighted by atomic mass is 16.6. The Kier molecular flexibility index (Phi) is 5.20. The van der Waals surface area contributed by atoms with Crippen LogP contribution in [0.25, 0.3) is 0 Å². The molecular formula is C13H19N3O5. The van der Waals surface area contributed by atoms with Crippen molar-refractivity contribution in [3.05, 3.63) is 37.4 Å². The molecule has 0 amide bonds. The average Bonchev–Trinajstić information content (AvgIpc) is 2.36. The summed E-state index contributed by atoms with van der Waals surface area (Å²) in [6.45, 7) is 5.29. The Balaban J connectivity index is 3.67. The van der Waals surface area contributed by atoms with Crippen LogP contribution in [0, 0.1) is 33.1 Å². The van der Waals surface area contributed by atoms with Gasteiger partial charge in [0.25, 0.3) is 5.69 Å². The third kappa shape index (κ3) is 3.46. The second-order valence-corrected chi connectivity index (χ2v) is 5.32. The first-order valence-corrected chi connectivity index (χ1v) is 6.47. The smallest absolute Gasteiger partial charge is 0.302 e. The van der Waals surface area contributed by atoms with Gasteiger partial charge in [-0.15, -0.1) is 0 Å². The Bertz CT molecular complexity index is 571. The van der Waals surface area contributed by atoms with E-state index < -0.39 is 16.5 Å². The van der Waals surface area contributed by atoms with Gasteiger partial charge in [0.15, 0.2) is 5.69 Å². The van der Waals surface area contributed by atoms with Gasteiger partial charge in [0.05, 0.1) is 16.5 Å². The van der Waals surface area contributed by atoms with E-state index in [0.717, 1.165) is 0 Å². The lowest BCUT2D eigenvalue weighted by atomic mass is 10.0. The number of aliphatic hydroxyl groups is 1. The molecule has 0 fully saturated rings. The lowest BCUT2D eigenvalue weighted by Crippen LogP contribution is -2.25. The number of nitro benzene ring substituents is 2. The average molecular weight is 297 g/mol. The molecule has 1 rings (SSSR count). The molecule has 0 atom stereocenters. The van der Waals surface area contributed by atoms with Crippen LogP contribution in [0.3, 0.4) is 0 Å². The molecular weight excluding hydrogens is 278 g/mol. The summed E-state index contributed by atoms with van der Waals surface area (Å²) < 4.78 is 0. The Labute approximate surface area is 122 Å². The maximum absolute atomic E-state index is 11.4. The molecule has 0 saturated carbocycles. The van der Waals surface area contributed by atoms with Crippen LogP contribution in [0.5, 0.6) is 0 Å². The van der Waals surface area contributed by atoms with E-state index in [0.29, 0.717) is 6.54 Å². The van der Waals surface area contributed by atoms with Crippen molar-refractivity contribution in [3.8, 4) is 0 Å². The van der Waals surface area contributed by atoms with Gasteiger partial charge < -0.3 is 10.0 Å². The van der Waals surface area contributed by atoms with Crippen molar-refractivity contribution in [3.63, 3.8) is 0 Å². The first-order chi connectivity index (χ1) is 9.70. The van der Waals surface area contributed by atoms with E-state index in [1.165, 1.54) is 17.9 Å². The molecule has 0 saturated heterocycles. The third-order valence-corrected chi connectivity index (χ3v) is 3.19. The molecule has 8 heteroatoms.